The van der Waals surface area contributed by atoms with Gasteiger partial charge in [-0.3, -0.25) is 0 Å². The van der Waals surface area contributed by atoms with Crippen LogP contribution in [0.2, 0.25) is 0 Å². The number of hydrogen-bond acceptors (Lipinski definition) is 2. The summed E-state index contributed by atoms with van der Waals surface area (Å²) in [4.78, 5) is 0. The van der Waals surface area contributed by atoms with Crippen LogP contribution in [0.1, 0.15) is 5.56 Å². The molecule has 13 heavy (non-hydrogen) atoms. The summed E-state index contributed by atoms with van der Waals surface area (Å²) in [6.07, 6.45) is 0. The van der Waals surface area contributed by atoms with E-state index in [1.807, 2.05) is 18.2 Å². The topological polar surface area (TPSA) is 47.8 Å². The van der Waals surface area contributed by atoms with Crippen molar-refractivity contribution in [2.45, 2.75) is 0 Å². The lowest BCUT2D eigenvalue weighted by Gasteiger charge is -2.05. The lowest BCUT2D eigenvalue weighted by atomic mass is 10.2. The molecule has 66 valence electrons. The van der Waals surface area contributed by atoms with Gasteiger partial charge in [0.15, 0.2) is 5.11 Å². The van der Waals surface area contributed by atoms with Gasteiger partial charge in [-0.15, -0.1) is 0 Å². The van der Waals surface area contributed by atoms with Crippen LogP contribution in [0.15, 0.2) is 24.3 Å². The maximum absolute atomic E-state index is 8.55. The summed E-state index contributed by atoms with van der Waals surface area (Å²) in [7, 11) is 1.75. The highest BCUT2D eigenvalue weighted by Gasteiger charge is 1.94. The van der Waals surface area contributed by atoms with Crippen LogP contribution in [-0.2, 0) is 0 Å². The molecule has 0 heterocycles. The Labute approximate surface area is 82.4 Å². The van der Waals surface area contributed by atoms with Gasteiger partial charge >= 0.3 is 0 Å². The van der Waals surface area contributed by atoms with E-state index in [2.05, 4.69) is 10.6 Å². The van der Waals surface area contributed by atoms with E-state index >= 15 is 0 Å². The first-order valence-corrected chi connectivity index (χ1v) is 4.16. The summed E-state index contributed by atoms with van der Waals surface area (Å²) in [5, 5.41) is 14.9. The average Bonchev–Trinajstić information content (AvgIpc) is 2.19. The summed E-state index contributed by atoms with van der Waals surface area (Å²) in [5.74, 6) is 0. The van der Waals surface area contributed by atoms with Crippen LogP contribution in [0.5, 0.6) is 0 Å². The molecule has 1 aromatic carbocycles. The zero-order valence-electron chi connectivity index (χ0n) is 7.16. The van der Waals surface area contributed by atoms with E-state index in [-0.39, 0.29) is 0 Å². The normalized spacial score (nSPS) is 8.62. The number of thiocarbonyl (C=S) groups is 1. The predicted octanol–water partition coefficient (Wildman–Crippen LogP) is 1.47. The Bertz CT molecular complexity index is 337. The zero-order valence-corrected chi connectivity index (χ0v) is 7.98. The Hall–Kier alpha value is -1.60. The van der Waals surface area contributed by atoms with Crippen molar-refractivity contribution in [1.29, 1.82) is 5.26 Å². The van der Waals surface area contributed by atoms with E-state index in [4.69, 9.17) is 17.5 Å². The molecule has 0 saturated heterocycles. The number of rotatable bonds is 1. The first-order valence-electron chi connectivity index (χ1n) is 3.75. The Morgan fingerprint density at radius 1 is 1.38 bits per heavy atom. The van der Waals surface area contributed by atoms with Crippen LogP contribution in [0.4, 0.5) is 5.69 Å². The molecule has 0 spiro atoms. The molecule has 0 saturated carbocycles. The standard InChI is InChI=1S/C9H9N3S/c1-11-9(13)12-8-4-2-7(6-10)3-5-8/h2-5H,1H3,(H2,11,12,13). The number of hydrogen-bond donors (Lipinski definition) is 2. The van der Waals surface area contributed by atoms with Crippen molar-refractivity contribution < 1.29 is 0 Å². The van der Waals surface area contributed by atoms with E-state index < -0.39 is 0 Å². The number of anilines is 1. The average molecular weight is 191 g/mol. The van der Waals surface area contributed by atoms with Crippen molar-refractivity contribution >= 4 is 23.0 Å². The minimum atomic E-state index is 0.560. The molecule has 1 aromatic rings. The van der Waals surface area contributed by atoms with Gasteiger partial charge in [0.05, 0.1) is 11.6 Å². The largest absolute Gasteiger partial charge is 0.366 e. The highest BCUT2D eigenvalue weighted by molar-refractivity contribution is 7.80. The zero-order chi connectivity index (χ0) is 9.68. The van der Waals surface area contributed by atoms with Gasteiger partial charge in [-0.05, 0) is 36.5 Å². The molecule has 0 unspecified atom stereocenters. The Morgan fingerprint density at radius 2 is 2.00 bits per heavy atom. The number of nitrogens with one attached hydrogen (secondary N) is 2. The Kier molecular flexibility index (Phi) is 3.23. The third kappa shape index (κ3) is 2.73. The van der Waals surface area contributed by atoms with Gasteiger partial charge in [0, 0.05) is 12.7 Å². The monoisotopic (exact) mass is 191 g/mol. The van der Waals surface area contributed by atoms with Crippen LogP contribution in [0, 0.1) is 11.3 Å². The molecule has 0 amide bonds. The molecule has 4 heteroatoms. The number of benzene rings is 1. The van der Waals surface area contributed by atoms with E-state index in [1.165, 1.54) is 0 Å². The van der Waals surface area contributed by atoms with Gasteiger partial charge in [-0.1, -0.05) is 0 Å². The molecular weight excluding hydrogens is 182 g/mol. The first-order chi connectivity index (χ1) is 6.26. The van der Waals surface area contributed by atoms with Crippen LogP contribution in [-0.4, -0.2) is 12.2 Å². The van der Waals surface area contributed by atoms with E-state index in [1.54, 1.807) is 19.2 Å². The van der Waals surface area contributed by atoms with Crippen molar-refractivity contribution in [3.8, 4) is 6.07 Å². The Balaban J connectivity index is 2.71. The summed E-state index contributed by atoms with van der Waals surface area (Å²) in [6, 6.07) is 9.13. The fraction of sp³-hybridized carbons (Fsp3) is 0.111. The fourth-order valence-electron chi connectivity index (χ4n) is 0.822. The first kappa shape index (κ1) is 9.49. The van der Waals surface area contributed by atoms with Gasteiger partial charge in [0.1, 0.15) is 0 Å². The lowest BCUT2D eigenvalue weighted by molar-refractivity contribution is 1.20. The number of nitrogens with zero attached hydrogens (tertiary/aromatic N) is 1. The van der Waals surface area contributed by atoms with Gasteiger partial charge in [-0.25, -0.2) is 0 Å². The highest BCUT2D eigenvalue weighted by atomic mass is 32.1. The molecule has 0 aliphatic rings. The maximum atomic E-state index is 8.55. The van der Waals surface area contributed by atoms with E-state index in [9.17, 15) is 0 Å². The van der Waals surface area contributed by atoms with Gasteiger partial charge in [-0.2, -0.15) is 5.26 Å². The quantitative estimate of drug-likeness (QED) is 0.660. The molecule has 2 N–H and O–H groups in total. The fourth-order valence-corrected chi connectivity index (χ4v) is 0.940. The van der Waals surface area contributed by atoms with Crippen LogP contribution < -0.4 is 10.6 Å². The molecule has 0 bridgehead atoms. The summed E-state index contributed by atoms with van der Waals surface area (Å²) in [6.45, 7) is 0. The maximum Gasteiger partial charge on any atom is 0.170 e. The molecule has 0 radical (unpaired) electrons. The highest BCUT2D eigenvalue weighted by Crippen LogP contribution is 2.08. The second-order valence-electron chi connectivity index (χ2n) is 2.39. The van der Waals surface area contributed by atoms with Crippen molar-refractivity contribution in [2.24, 2.45) is 0 Å². The molecule has 0 aliphatic carbocycles. The minimum absolute atomic E-state index is 0.560. The van der Waals surface area contributed by atoms with Crippen molar-refractivity contribution in [3.05, 3.63) is 29.8 Å². The summed E-state index contributed by atoms with van der Waals surface area (Å²) >= 11 is 4.91. The molecule has 0 fully saturated rings. The molecular formula is C9H9N3S. The molecule has 0 aliphatic heterocycles. The molecule has 0 aromatic heterocycles. The predicted molar refractivity (Wildman–Crippen MR) is 56.4 cm³/mol. The second kappa shape index (κ2) is 4.43. The smallest absolute Gasteiger partial charge is 0.170 e. The third-order valence-electron chi connectivity index (χ3n) is 1.50. The van der Waals surface area contributed by atoms with Gasteiger partial charge in [0.25, 0.3) is 0 Å². The summed E-state index contributed by atoms with van der Waals surface area (Å²) in [5.41, 5.74) is 1.51. The van der Waals surface area contributed by atoms with Gasteiger partial charge < -0.3 is 10.6 Å². The Morgan fingerprint density at radius 3 is 2.46 bits per heavy atom. The molecule has 0 atom stereocenters. The third-order valence-corrected chi connectivity index (χ3v) is 1.81. The van der Waals surface area contributed by atoms with Crippen molar-refractivity contribution in [3.63, 3.8) is 0 Å². The summed E-state index contributed by atoms with van der Waals surface area (Å²) < 4.78 is 0. The van der Waals surface area contributed by atoms with Crippen LogP contribution in [0.25, 0.3) is 0 Å². The SMILES string of the molecule is CNC(=S)Nc1ccc(C#N)cc1. The second-order valence-corrected chi connectivity index (χ2v) is 2.80. The lowest BCUT2D eigenvalue weighted by Crippen LogP contribution is -2.23. The molecule has 3 nitrogen and oxygen atoms in total. The van der Waals surface area contributed by atoms with E-state index in [0.717, 1.165) is 5.69 Å². The van der Waals surface area contributed by atoms with Crippen LogP contribution in [0.3, 0.4) is 0 Å². The van der Waals surface area contributed by atoms with Crippen molar-refractivity contribution in [1.82, 2.24) is 5.32 Å². The minimum Gasteiger partial charge on any atom is -0.366 e. The van der Waals surface area contributed by atoms with E-state index in [0.29, 0.717) is 10.7 Å². The van der Waals surface area contributed by atoms with Crippen molar-refractivity contribution in [2.75, 3.05) is 12.4 Å². The number of nitriles is 1. The van der Waals surface area contributed by atoms with Crippen LogP contribution >= 0.6 is 12.2 Å². The van der Waals surface area contributed by atoms with Gasteiger partial charge in [0.2, 0.25) is 0 Å². The molecule has 1 rings (SSSR count).